The molecule has 132 valence electrons. The van der Waals surface area contributed by atoms with Crippen molar-refractivity contribution >= 4 is 40.6 Å². The van der Waals surface area contributed by atoms with Gasteiger partial charge in [-0.15, -0.1) is 0 Å². The van der Waals surface area contributed by atoms with Gasteiger partial charge >= 0.3 is 0 Å². The normalized spacial score (nSPS) is 15.6. The molecule has 0 aromatic heterocycles. The third-order valence-electron chi connectivity index (χ3n) is 3.71. The first kappa shape index (κ1) is 18.3. The van der Waals surface area contributed by atoms with Crippen LogP contribution >= 0.6 is 23.4 Å². The molecule has 0 saturated carbocycles. The molecule has 26 heavy (non-hydrogen) atoms. The van der Waals surface area contributed by atoms with Crippen LogP contribution in [0.15, 0.2) is 66.1 Å². The number of carbonyl (C=O) groups excluding carboxylic acids is 2. The van der Waals surface area contributed by atoms with Crippen LogP contribution in [0.25, 0.3) is 6.08 Å². The van der Waals surface area contributed by atoms with E-state index in [-0.39, 0.29) is 17.7 Å². The Kier molecular flexibility index (Phi) is 5.81. The topological polar surface area (TPSA) is 46.6 Å². The highest BCUT2D eigenvalue weighted by Crippen LogP contribution is 2.34. The van der Waals surface area contributed by atoms with E-state index in [1.54, 1.807) is 24.3 Å². The fraction of sp³-hybridized carbons (Fsp3) is 0.100. The molecule has 1 aliphatic heterocycles. The number of amides is 2. The lowest BCUT2D eigenvalue weighted by Gasteiger charge is -2.13. The predicted octanol–water partition coefficient (Wildman–Crippen LogP) is 5.14. The maximum absolute atomic E-state index is 12.6. The second-order valence-corrected chi connectivity index (χ2v) is 6.93. The summed E-state index contributed by atoms with van der Waals surface area (Å²) in [6, 6.07) is 14.5. The molecular weight excluding hydrogens is 370 g/mol. The van der Waals surface area contributed by atoms with Crippen molar-refractivity contribution in [3.63, 3.8) is 0 Å². The number of imide groups is 1. The van der Waals surface area contributed by atoms with Gasteiger partial charge in [0.25, 0.3) is 11.1 Å². The van der Waals surface area contributed by atoms with Crippen LogP contribution in [-0.2, 0) is 11.3 Å². The van der Waals surface area contributed by atoms with Crippen molar-refractivity contribution in [2.24, 2.45) is 0 Å². The Labute approximate surface area is 161 Å². The number of thioether (sulfide) groups is 1. The van der Waals surface area contributed by atoms with E-state index >= 15 is 0 Å². The van der Waals surface area contributed by atoms with Gasteiger partial charge in [0.1, 0.15) is 12.4 Å². The highest BCUT2D eigenvalue weighted by molar-refractivity contribution is 8.18. The molecule has 1 heterocycles. The van der Waals surface area contributed by atoms with Gasteiger partial charge in [-0.3, -0.25) is 14.5 Å². The monoisotopic (exact) mass is 385 g/mol. The minimum atomic E-state index is -0.313. The highest BCUT2D eigenvalue weighted by atomic mass is 35.5. The zero-order chi connectivity index (χ0) is 18.5. The van der Waals surface area contributed by atoms with Crippen LogP contribution in [-0.4, -0.2) is 22.7 Å². The lowest BCUT2D eigenvalue weighted by Crippen LogP contribution is -2.27. The van der Waals surface area contributed by atoms with Crippen LogP contribution in [0.2, 0.25) is 5.02 Å². The van der Waals surface area contributed by atoms with E-state index < -0.39 is 0 Å². The average molecular weight is 386 g/mol. The van der Waals surface area contributed by atoms with Gasteiger partial charge in [-0.2, -0.15) is 0 Å². The first-order valence-corrected chi connectivity index (χ1v) is 9.10. The Balaban J connectivity index is 1.74. The van der Waals surface area contributed by atoms with Crippen molar-refractivity contribution in [2.75, 3.05) is 6.61 Å². The van der Waals surface area contributed by atoms with E-state index in [1.165, 1.54) is 4.90 Å². The van der Waals surface area contributed by atoms with Gasteiger partial charge in [-0.1, -0.05) is 54.6 Å². The summed E-state index contributed by atoms with van der Waals surface area (Å²) >= 11 is 7.06. The Morgan fingerprint density at radius 1 is 1.12 bits per heavy atom. The maximum Gasteiger partial charge on any atom is 0.293 e. The van der Waals surface area contributed by atoms with E-state index in [9.17, 15) is 9.59 Å². The molecule has 6 heteroatoms. The Morgan fingerprint density at radius 2 is 1.85 bits per heavy atom. The van der Waals surface area contributed by atoms with Gasteiger partial charge in [-0.05, 0) is 47.2 Å². The number of hydrogen-bond acceptors (Lipinski definition) is 4. The zero-order valence-corrected chi connectivity index (χ0v) is 15.4. The van der Waals surface area contributed by atoms with Crippen LogP contribution in [0.4, 0.5) is 4.79 Å². The molecule has 0 radical (unpaired) electrons. The number of nitrogens with zero attached hydrogens (tertiary/aromatic N) is 1. The summed E-state index contributed by atoms with van der Waals surface area (Å²) in [6.07, 6.45) is 3.37. The Bertz CT molecular complexity index is 877. The number of ether oxygens (including phenoxy) is 1. The third kappa shape index (κ3) is 4.18. The molecule has 2 amide bonds. The lowest BCUT2D eigenvalue weighted by atomic mass is 10.2. The van der Waals surface area contributed by atoms with Gasteiger partial charge in [-0.25, -0.2) is 0 Å². The predicted molar refractivity (Wildman–Crippen MR) is 105 cm³/mol. The van der Waals surface area contributed by atoms with Crippen LogP contribution in [0.3, 0.4) is 0 Å². The van der Waals surface area contributed by atoms with E-state index in [4.69, 9.17) is 16.3 Å². The zero-order valence-electron chi connectivity index (χ0n) is 13.9. The van der Waals surface area contributed by atoms with Crippen LogP contribution in [0.5, 0.6) is 5.75 Å². The molecule has 4 nitrogen and oxygen atoms in total. The Morgan fingerprint density at radius 3 is 2.54 bits per heavy atom. The molecule has 1 fully saturated rings. The molecule has 0 N–H and O–H groups in total. The summed E-state index contributed by atoms with van der Waals surface area (Å²) in [5.74, 6) is 0.403. The van der Waals surface area contributed by atoms with E-state index in [1.807, 2.05) is 36.4 Å². The molecule has 0 unspecified atom stereocenters. The van der Waals surface area contributed by atoms with E-state index in [0.717, 1.165) is 22.9 Å². The van der Waals surface area contributed by atoms with Crippen molar-refractivity contribution in [2.45, 2.75) is 6.54 Å². The number of hydrogen-bond donors (Lipinski definition) is 0. The molecule has 2 aromatic carbocycles. The summed E-state index contributed by atoms with van der Waals surface area (Å²) in [7, 11) is 0. The molecule has 0 spiro atoms. The van der Waals surface area contributed by atoms with Crippen LogP contribution < -0.4 is 4.74 Å². The molecule has 0 bridgehead atoms. The van der Waals surface area contributed by atoms with Crippen molar-refractivity contribution in [1.29, 1.82) is 0 Å². The second kappa shape index (κ2) is 8.25. The maximum atomic E-state index is 12.6. The molecule has 1 saturated heterocycles. The average Bonchev–Trinajstić information content (AvgIpc) is 2.90. The first-order valence-electron chi connectivity index (χ1n) is 7.91. The van der Waals surface area contributed by atoms with Crippen LogP contribution in [0.1, 0.15) is 11.1 Å². The van der Waals surface area contributed by atoms with Crippen molar-refractivity contribution in [3.05, 3.63) is 82.2 Å². The molecule has 0 atom stereocenters. The number of carbonyl (C=O) groups is 2. The van der Waals surface area contributed by atoms with Gasteiger partial charge in [0.05, 0.1) is 11.4 Å². The van der Waals surface area contributed by atoms with E-state index in [2.05, 4.69) is 6.58 Å². The minimum Gasteiger partial charge on any atom is -0.490 e. The third-order valence-corrected chi connectivity index (χ3v) is 4.98. The molecule has 1 aliphatic rings. The first-order chi connectivity index (χ1) is 12.6. The fourth-order valence-corrected chi connectivity index (χ4v) is 3.43. The quantitative estimate of drug-likeness (QED) is 0.510. The Hall–Kier alpha value is -2.50. The summed E-state index contributed by atoms with van der Waals surface area (Å²) in [5.41, 5.74) is 1.56. The van der Waals surface area contributed by atoms with Crippen molar-refractivity contribution < 1.29 is 14.3 Å². The van der Waals surface area contributed by atoms with Crippen LogP contribution in [0, 0.1) is 0 Å². The standard InChI is InChI=1S/C20H16ClNO3S/c1-2-11-25-16-9-7-14(8-10-16)12-18-19(23)22(20(24)26-18)13-15-5-3-4-6-17(15)21/h2-10,12H,1,11,13H2/b18-12-. The minimum absolute atomic E-state index is 0.163. The number of benzene rings is 2. The fourth-order valence-electron chi connectivity index (χ4n) is 2.40. The molecule has 3 rings (SSSR count). The summed E-state index contributed by atoms with van der Waals surface area (Å²) in [6.45, 7) is 4.19. The van der Waals surface area contributed by atoms with Gasteiger partial charge in [0.2, 0.25) is 0 Å². The SMILES string of the molecule is C=CCOc1ccc(/C=C2\SC(=O)N(Cc3ccccc3Cl)C2=O)cc1. The van der Waals surface area contributed by atoms with Crippen molar-refractivity contribution in [3.8, 4) is 5.75 Å². The smallest absolute Gasteiger partial charge is 0.293 e. The van der Waals surface area contributed by atoms with Gasteiger partial charge in [0, 0.05) is 5.02 Å². The summed E-state index contributed by atoms with van der Waals surface area (Å²) < 4.78 is 5.43. The van der Waals surface area contributed by atoms with Gasteiger partial charge in [0.15, 0.2) is 0 Å². The van der Waals surface area contributed by atoms with Crippen molar-refractivity contribution in [1.82, 2.24) is 4.90 Å². The molecule has 2 aromatic rings. The number of halogens is 1. The van der Waals surface area contributed by atoms with E-state index in [0.29, 0.717) is 22.3 Å². The number of rotatable bonds is 6. The largest absolute Gasteiger partial charge is 0.490 e. The summed E-state index contributed by atoms with van der Waals surface area (Å²) in [5, 5.41) is 0.234. The van der Waals surface area contributed by atoms with Gasteiger partial charge < -0.3 is 4.74 Å². The lowest BCUT2D eigenvalue weighted by molar-refractivity contribution is -0.123. The molecule has 0 aliphatic carbocycles. The summed E-state index contributed by atoms with van der Waals surface area (Å²) in [4.78, 5) is 26.4. The second-order valence-electron chi connectivity index (χ2n) is 5.53. The molecular formula is C20H16ClNO3S. The highest BCUT2D eigenvalue weighted by Gasteiger charge is 2.35.